The lowest BCUT2D eigenvalue weighted by molar-refractivity contribution is 0.344. The van der Waals surface area contributed by atoms with Gasteiger partial charge in [0, 0.05) is 10.1 Å². The summed E-state index contributed by atoms with van der Waals surface area (Å²) < 4.78 is 28.7. The van der Waals surface area contributed by atoms with Crippen LogP contribution in [0.1, 0.15) is 44.1 Å². The van der Waals surface area contributed by atoms with Gasteiger partial charge in [-0.25, -0.2) is 8.42 Å². The topological polar surface area (TPSA) is 37.4 Å². The van der Waals surface area contributed by atoms with Gasteiger partial charge in [-0.1, -0.05) is 50.0 Å². The van der Waals surface area contributed by atoms with Crippen molar-refractivity contribution in [3.63, 3.8) is 0 Å². The molecule has 0 N–H and O–H groups in total. The van der Waals surface area contributed by atoms with Crippen LogP contribution in [0, 0.1) is 6.92 Å². The van der Waals surface area contributed by atoms with E-state index in [-0.39, 0.29) is 6.04 Å². The molecular weight excluding hydrogens is 409 g/mol. The van der Waals surface area contributed by atoms with Crippen molar-refractivity contribution in [1.82, 2.24) is 4.31 Å². The van der Waals surface area contributed by atoms with E-state index >= 15 is 0 Å². The molecule has 1 heterocycles. The van der Waals surface area contributed by atoms with Gasteiger partial charge in [0.1, 0.15) is 0 Å². The molecule has 0 bridgehead atoms. The molecule has 1 aliphatic rings. The molecule has 122 valence electrons. The van der Waals surface area contributed by atoms with Gasteiger partial charge < -0.3 is 0 Å². The van der Waals surface area contributed by atoms with E-state index in [1.54, 1.807) is 16.4 Å². The Balaban J connectivity index is 2.37. The summed E-state index contributed by atoms with van der Waals surface area (Å²) in [6.07, 6.45) is 6.32. The number of sulfonamides is 1. The first-order valence-electron chi connectivity index (χ1n) is 7.86. The third-order valence-corrected chi connectivity index (χ3v) is 6.83. The van der Waals surface area contributed by atoms with Crippen LogP contribution in [0.3, 0.4) is 0 Å². The van der Waals surface area contributed by atoms with Crippen LogP contribution in [0.4, 0.5) is 0 Å². The molecule has 1 aromatic rings. The van der Waals surface area contributed by atoms with E-state index in [1.807, 2.05) is 19.1 Å². The minimum absolute atomic E-state index is 0.0926. The predicted molar refractivity (Wildman–Crippen MR) is 99.7 cm³/mol. The number of nitrogens with zero attached hydrogens (tertiary/aromatic N) is 1. The van der Waals surface area contributed by atoms with Gasteiger partial charge in [0.25, 0.3) is 0 Å². The van der Waals surface area contributed by atoms with Crippen molar-refractivity contribution in [2.75, 3.05) is 6.54 Å². The third kappa shape index (κ3) is 4.32. The Bertz CT molecular complexity index is 610. The highest BCUT2D eigenvalue weighted by atomic mass is 127. The molecule has 3 nitrogen and oxygen atoms in total. The molecule has 0 saturated carbocycles. The lowest BCUT2D eigenvalue weighted by Crippen LogP contribution is -2.41. The summed E-state index contributed by atoms with van der Waals surface area (Å²) in [6, 6.07) is 7.05. The van der Waals surface area contributed by atoms with Crippen molar-refractivity contribution in [2.24, 2.45) is 0 Å². The Morgan fingerprint density at radius 2 is 1.73 bits per heavy atom. The van der Waals surface area contributed by atoms with E-state index in [0.29, 0.717) is 11.4 Å². The zero-order valence-corrected chi connectivity index (χ0v) is 16.1. The van der Waals surface area contributed by atoms with Gasteiger partial charge in [-0.15, -0.1) is 0 Å². The van der Waals surface area contributed by atoms with E-state index in [1.165, 1.54) is 12.8 Å². The summed E-state index contributed by atoms with van der Waals surface area (Å²) in [5, 5.41) is 0. The molecule has 2 rings (SSSR count). The fraction of sp³-hybridized carbons (Fsp3) is 0.529. The molecule has 1 fully saturated rings. The standard InChI is InChI=1S/C17H24INO2S/c1-14-9-11-16(12-10-14)22(20,21)19-13-7-5-3-4-6-8-17(19)15(2)18/h9-12,17H,2-8,13H2,1H3. The maximum atomic E-state index is 13.1. The first-order chi connectivity index (χ1) is 10.4. The van der Waals surface area contributed by atoms with Crippen molar-refractivity contribution in [3.8, 4) is 0 Å². The Morgan fingerprint density at radius 1 is 1.14 bits per heavy atom. The molecule has 0 spiro atoms. The predicted octanol–water partition coefficient (Wildman–Crippen LogP) is 4.66. The van der Waals surface area contributed by atoms with Gasteiger partial charge >= 0.3 is 0 Å². The van der Waals surface area contributed by atoms with Crippen LogP contribution < -0.4 is 0 Å². The first-order valence-corrected chi connectivity index (χ1v) is 10.4. The van der Waals surface area contributed by atoms with Crippen molar-refractivity contribution in [1.29, 1.82) is 0 Å². The SMILES string of the molecule is C=C(I)C1CCCCCCCN1S(=O)(=O)c1ccc(C)cc1. The maximum Gasteiger partial charge on any atom is 0.243 e. The molecule has 1 aromatic carbocycles. The fourth-order valence-corrected chi connectivity index (χ4v) is 5.41. The average molecular weight is 433 g/mol. The average Bonchev–Trinajstić information content (AvgIpc) is 2.59. The summed E-state index contributed by atoms with van der Waals surface area (Å²) in [7, 11) is -3.46. The largest absolute Gasteiger partial charge is 0.243 e. The van der Waals surface area contributed by atoms with Gasteiger partial charge in [-0.3, -0.25) is 0 Å². The van der Waals surface area contributed by atoms with Crippen LogP contribution in [0.25, 0.3) is 0 Å². The highest BCUT2D eigenvalue weighted by Gasteiger charge is 2.32. The van der Waals surface area contributed by atoms with Crippen molar-refractivity contribution in [2.45, 2.75) is 56.4 Å². The van der Waals surface area contributed by atoms with E-state index in [4.69, 9.17) is 0 Å². The van der Waals surface area contributed by atoms with Crippen LogP contribution >= 0.6 is 22.6 Å². The number of hydrogen-bond donors (Lipinski definition) is 0. The molecule has 5 heteroatoms. The van der Waals surface area contributed by atoms with Gasteiger partial charge in [0.05, 0.1) is 10.9 Å². The maximum absolute atomic E-state index is 13.1. The van der Waals surface area contributed by atoms with E-state index in [0.717, 1.165) is 34.8 Å². The molecule has 1 saturated heterocycles. The molecule has 1 atom stereocenters. The van der Waals surface area contributed by atoms with Crippen molar-refractivity contribution in [3.05, 3.63) is 40.0 Å². The monoisotopic (exact) mass is 433 g/mol. The van der Waals surface area contributed by atoms with Crippen LogP contribution in [-0.4, -0.2) is 25.3 Å². The minimum Gasteiger partial charge on any atom is -0.207 e. The number of aryl methyl sites for hydroxylation is 1. The molecule has 0 aliphatic carbocycles. The van der Waals surface area contributed by atoms with E-state index in [9.17, 15) is 8.42 Å². The number of hydrogen-bond acceptors (Lipinski definition) is 2. The molecule has 1 unspecified atom stereocenters. The van der Waals surface area contributed by atoms with Crippen LogP contribution in [0.2, 0.25) is 0 Å². The van der Waals surface area contributed by atoms with Gasteiger partial charge in [0.15, 0.2) is 0 Å². The number of benzene rings is 1. The third-order valence-electron chi connectivity index (χ3n) is 4.19. The molecule has 0 aromatic heterocycles. The Kier molecular flexibility index (Phi) is 6.46. The van der Waals surface area contributed by atoms with Gasteiger partial charge in [-0.2, -0.15) is 4.31 Å². The highest BCUT2D eigenvalue weighted by Crippen LogP contribution is 2.29. The van der Waals surface area contributed by atoms with Gasteiger partial charge in [-0.05, 0) is 54.5 Å². The lowest BCUT2D eigenvalue weighted by Gasteiger charge is -2.30. The molecule has 0 amide bonds. The minimum atomic E-state index is -3.46. The fourth-order valence-electron chi connectivity index (χ4n) is 2.88. The number of rotatable bonds is 3. The van der Waals surface area contributed by atoms with Crippen LogP contribution in [0.15, 0.2) is 39.3 Å². The summed E-state index contributed by atoms with van der Waals surface area (Å²) in [6.45, 7) is 6.58. The normalized spacial score (nSPS) is 21.6. The van der Waals surface area contributed by atoms with Crippen LogP contribution in [0.5, 0.6) is 0 Å². The molecular formula is C17H24INO2S. The van der Waals surface area contributed by atoms with Crippen molar-refractivity contribution < 1.29 is 8.42 Å². The summed E-state index contributed by atoms with van der Waals surface area (Å²) in [4.78, 5) is 0.389. The Labute approximate surface area is 148 Å². The lowest BCUT2D eigenvalue weighted by atomic mass is 10.1. The molecule has 1 aliphatic heterocycles. The summed E-state index contributed by atoms with van der Waals surface area (Å²) >= 11 is 2.18. The zero-order chi connectivity index (χ0) is 16.2. The number of halogens is 1. The summed E-state index contributed by atoms with van der Waals surface area (Å²) in [5.41, 5.74) is 1.07. The second kappa shape index (κ2) is 7.93. The van der Waals surface area contributed by atoms with Crippen LogP contribution in [-0.2, 0) is 10.0 Å². The van der Waals surface area contributed by atoms with Gasteiger partial charge in [0.2, 0.25) is 10.0 Å². The zero-order valence-electron chi connectivity index (χ0n) is 13.1. The quantitative estimate of drug-likeness (QED) is 0.651. The van der Waals surface area contributed by atoms with E-state index < -0.39 is 10.0 Å². The van der Waals surface area contributed by atoms with Crippen molar-refractivity contribution >= 4 is 32.6 Å². The second-order valence-electron chi connectivity index (χ2n) is 5.95. The second-order valence-corrected chi connectivity index (χ2v) is 9.22. The smallest absolute Gasteiger partial charge is 0.207 e. The molecule has 0 radical (unpaired) electrons. The Hall–Kier alpha value is -0.400. The first kappa shape index (κ1) is 17.9. The Morgan fingerprint density at radius 3 is 2.36 bits per heavy atom. The van der Waals surface area contributed by atoms with E-state index in [2.05, 4.69) is 29.2 Å². The summed E-state index contributed by atoms with van der Waals surface area (Å²) in [5.74, 6) is 0. The highest BCUT2D eigenvalue weighted by molar-refractivity contribution is 14.1. The molecule has 22 heavy (non-hydrogen) atoms.